The molecule has 642 valence electrons. The topological polar surface area (TPSA) is 105 Å². The van der Waals surface area contributed by atoms with Crippen molar-refractivity contribution in [2.75, 3.05) is 26.4 Å². The molecule has 0 N–H and O–H groups in total. The van der Waals surface area contributed by atoms with Crippen molar-refractivity contribution in [1.82, 2.24) is 0 Å². The number of rotatable bonds is 37. The van der Waals surface area contributed by atoms with E-state index in [9.17, 15) is 19.2 Å². The number of halogens is 1. The van der Waals surface area contributed by atoms with E-state index < -0.39 is 56.6 Å². The fourth-order valence-electron chi connectivity index (χ4n) is 22.1. The van der Waals surface area contributed by atoms with Gasteiger partial charge in [-0.1, -0.05) is 154 Å². The molecular formula is C93H141ClO8S9Si4Sn. The molecule has 0 bridgehead atoms. The molecule has 9 aromatic heterocycles. The minimum Gasteiger partial charge on any atom is -0.462 e. The molecule has 9 heterocycles. The number of allylic oxidation sites excluding steroid dienone is 4. The molecular weight excluding hydrogens is 1800 g/mol. The van der Waals surface area contributed by atoms with Gasteiger partial charge in [-0.15, -0.1) is 90.7 Å². The van der Waals surface area contributed by atoms with Gasteiger partial charge in [0.05, 0.1) is 79.7 Å². The van der Waals surface area contributed by atoms with Crippen LogP contribution in [-0.4, -0.2) is 101 Å². The molecule has 0 saturated heterocycles. The van der Waals surface area contributed by atoms with E-state index in [1.807, 2.05) is 43.9 Å². The first-order chi connectivity index (χ1) is 54.7. The zero-order chi connectivity index (χ0) is 86.3. The maximum absolute atomic E-state index is 13.9. The summed E-state index contributed by atoms with van der Waals surface area (Å²) in [6.07, 6.45) is 14.0. The van der Waals surface area contributed by atoms with Crippen molar-refractivity contribution in [3.63, 3.8) is 0 Å². The fraction of sp³-hybridized carbons (Fsp3) is 0.613. The van der Waals surface area contributed by atoms with Gasteiger partial charge in [-0.3, -0.25) is 0 Å². The summed E-state index contributed by atoms with van der Waals surface area (Å²) in [7, 11) is -6.90. The predicted molar refractivity (Wildman–Crippen MR) is 538 cm³/mol. The van der Waals surface area contributed by atoms with Crippen LogP contribution in [0.4, 0.5) is 0 Å². The molecule has 0 aliphatic heterocycles. The van der Waals surface area contributed by atoms with Crippen molar-refractivity contribution in [2.45, 2.75) is 339 Å². The number of ether oxygens (including phenoxy) is 4. The maximum Gasteiger partial charge on any atom is 0.341 e. The van der Waals surface area contributed by atoms with Crippen LogP contribution in [0.3, 0.4) is 0 Å². The van der Waals surface area contributed by atoms with Crippen molar-refractivity contribution in [3.8, 4) is 19.5 Å². The number of carbonyl (C=O) groups excluding carboxylic acids is 4. The molecule has 0 unspecified atom stereocenters. The minimum absolute atomic E-state index is 0.257. The Morgan fingerprint density at radius 1 is 0.353 bits per heavy atom. The molecule has 1 aliphatic carbocycles. The van der Waals surface area contributed by atoms with Gasteiger partial charge in [0.1, 0.15) is 26.0 Å². The van der Waals surface area contributed by atoms with Gasteiger partial charge in [0.15, 0.2) is 0 Å². The molecule has 0 spiro atoms. The van der Waals surface area contributed by atoms with Crippen molar-refractivity contribution in [3.05, 3.63) is 85.2 Å². The standard InChI is InChI=1S/C41H58O4S4Si2.C27H33ClO4S4Si.C13H23SSi.3C4H9.Sn/c1-15-44-40(42)34-36(28-17-18-29(19-28)50(22(3)4,23(5)6)24(7)8)48-39-35(41(43)45-16-2)37(49-38(34)39)32-20-30-31(46-32)21-33(47-30)51(25(9)10,26(11)12)27(13)14;1-9-31-26(29)20-22(35-24-21(27(30)32-10-2)25(28)36-23(20)24)18-11-16-17(33-18)12-19(34-16)37(13(3)4,14(5)6)15(7)8;1-10(2)15(11(3)4,12(5)6)13-8-7-9-14-13;3*1-3-4-2;/h17-18,20-27H,15-16,19H2,1-14H3;11-15H,9-10H2,1-8H3;7-8,10-12H,1-6H3;3*1,3-4H2,2H3;. The van der Waals surface area contributed by atoms with Gasteiger partial charge in [0.25, 0.3) is 0 Å². The first-order valence-corrected chi connectivity index (χ1v) is 68.0. The summed E-state index contributed by atoms with van der Waals surface area (Å²) in [6.45, 7) is 73.9. The fourth-order valence-corrected chi connectivity index (χ4v) is 88.3. The van der Waals surface area contributed by atoms with Gasteiger partial charge >= 0.3 is 212 Å². The molecule has 23 heteroatoms. The van der Waals surface area contributed by atoms with E-state index in [0.29, 0.717) is 99.1 Å². The summed E-state index contributed by atoms with van der Waals surface area (Å²) < 4.78 is 42.4. The molecule has 0 amide bonds. The number of hydrogen-bond donors (Lipinski definition) is 0. The SMILES string of the molecule is CCC[CH2][Sn]([CH2]CCC)([CH2]CCC)[c]1ccc([Si](C(C)C)(C(C)C)C(C)C)s1.CCOC(=O)c1c(C2=CC=C([Si](C(C)C)(C(C)C)C(C)C)C2)sc2c(C(=O)OCC)c(-c3cc4sc([Si](C(C)C)(C(C)C)C(C)C)cc4s3)sc12.CCOC(=O)c1c(Cl)sc2c(C(=O)OCC)c(-c3cc4sc([Si](C(C)C)(C(C)C)C(C)C)cc4s3)sc12. The predicted octanol–water partition coefficient (Wildman–Crippen LogP) is 32.6. The normalized spacial score (nSPS) is 13.6. The Kier molecular flexibility index (Phi) is 36.0. The van der Waals surface area contributed by atoms with E-state index in [1.165, 1.54) is 80.0 Å². The van der Waals surface area contributed by atoms with Gasteiger partial charge < -0.3 is 18.9 Å². The zero-order valence-electron chi connectivity index (χ0n) is 76.3. The summed E-state index contributed by atoms with van der Waals surface area (Å²) in [5.74, 6) is -1.49. The monoisotopic (exact) mass is 1940 g/mol. The molecule has 0 atom stereocenters. The van der Waals surface area contributed by atoms with Crippen LogP contribution in [-0.2, 0) is 18.9 Å². The van der Waals surface area contributed by atoms with Gasteiger partial charge in [-0.05, 0) is 123 Å². The molecule has 0 aromatic carbocycles. The number of unbranched alkanes of at least 4 members (excludes halogenated alkanes) is 3. The quantitative estimate of drug-likeness (QED) is 0.0215. The van der Waals surface area contributed by atoms with E-state index in [2.05, 4.69) is 247 Å². The molecule has 0 saturated carbocycles. The van der Waals surface area contributed by atoms with Gasteiger partial charge in [0.2, 0.25) is 0 Å². The zero-order valence-corrected chi connectivity index (χ0v) is 91.2. The van der Waals surface area contributed by atoms with E-state index in [4.69, 9.17) is 30.5 Å². The minimum atomic E-state index is -2.28. The Morgan fingerprint density at radius 2 is 0.655 bits per heavy atom. The van der Waals surface area contributed by atoms with Crippen molar-refractivity contribution in [1.29, 1.82) is 0 Å². The Hall–Kier alpha value is -2.34. The van der Waals surface area contributed by atoms with Crippen LogP contribution in [0.25, 0.3) is 62.7 Å². The summed E-state index contributed by atoms with van der Waals surface area (Å²) in [5, 5.41) is 1.56. The average Bonchev–Trinajstić information content (AvgIpc) is 1.55. The van der Waals surface area contributed by atoms with Crippen LogP contribution < -0.4 is 16.4 Å². The number of thiophene rings is 9. The second kappa shape index (κ2) is 42.1. The van der Waals surface area contributed by atoms with Crippen molar-refractivity contribution in [2.24, 2.45) is 0 Å². The first kappa shape index (κ1) is 99.1. The van der Waals surface area contributed by atoms with Crippen LogP contribution in [0.15, 0.2) is 53.7 Å². The third-order valence-electron chi connectivity index (χ3n) is 26.4. The van der Waals surface area contributed by atoms with Crippen LogP contribution in [0.1, 0.15) is 306 Å². The Balaban J connectivity index is 0.000000228. The van der Waals surface area contributed by atoms with E-state index >= 15 is 0 Å². The number of carbonyl (C=O) groups is 4. The van der Waals surface area contributed by atoms with Gasteiger partial charge in [-0.2, -0.15) is 0 Å². The summed E-state index contributed by atoms with van der Waals surface area (Å²) in [4.78, 5) is 58.4. The van der Waals surface area contributed by atoms with Crippen LogP contribution in [0.5, 0.6) is 0 Å². The first-order valence-electron chi connectivity index (χ1n) is 43.8. The van der Waals surface area contributed by atoms with Crippen molar-refractivity contribution >= 4 is 248 Å². The Bertz CT molecular complexity index is 4700. The van der Waals surface area contributed by atoms with E-state index in [1.54, 1.807) is 86.7 Å². The average molecular weight is 1940 g/mol. The van der Waals surface area contributed by atoms with Crippen LogP contribution in [0.2, 0.25) is 84.1 Å². The molecule has 0 fully saturated rings. The summed E-state index contributed by atoms with van der Waals surface area (Å²) in [6, 6.07) is 14.7. The van der Waals surface area contributed by atoms with Gasteiger partial charge in [0, 0.05) is 33.4 Å². The van der Waals surface area contributed by atoms with Gasteiger partial charge in [-0.25, -0.2) is 19.2 Å². The van der Waals surface area contributed by atoms with Crippen LogP contribution >= 0.6 is 114 Å². The molecule has 116 heavy (non-hydrogen) atoms. The Labute approximate surface area is 748 Å². The molecule has 1 aliphatic rings. The molecule has 0 radical (unpaired) electrons. The molecule has 10 rings (SSSR count). The third-order valence-corrected chi connectivity index (χ3v) is 87.0. The second-order valence-electron chi connectivity index (χ2n) is 36.2. The molecule has 8 nitrogen and oxygen atoms in total. The second-order valence-corrected chi connectivity index (χ2v) is 85.1. The Morgan fingerprint density at radius 3 is 0.983 bits per heavy atom. The van der Waals surface area contributed by atoms with E-state index in [-0.39, 0.29) is 31.1 Å². The van der Waals surface area contributed by atoms with E-state index in [0.717, 1.165) is 62.4 Å². The third kappa shape index (κ3) is 18.9. The summed E-state index contributed by atoms with van der Waals surface area (Å²) in [5.41, 5.74) is 11.3. The summed E-state index contributed by atoms with van der Waals surface area (Å²) >= 11 is 19.7. The molecule has 9 aromatic rings. The maximum atomic E-state index is 13.9. The smallest absolute Gasteiger partial charge is 0.341 e. The van der Waals surface area contributed by atoms with Crippen molar-refractivity contribution < 1.29 is 38.1 Å². The number of fused-ring (bicyclic) bond motifs is 4. The number of esters is 4. The number of hydrogen-bond acceptors (Lipinski definition) is 17. The largest absolute Gasteiger partial charge is 0.462 e. The van der Waals surface area contributed by atoms with Crippen LogP contribution in [0, 0.1) is 0 Å².